The van der Waals surface area contributed by atoms with Crippen LogP contribution in [0, 0.1) is 0 Å². The number of amides is 1. The van der Waals surface area contributed by atoms with Gasteiger partial charge in [0.25, 0.3) is 0 Å². The Bertz CT molecular complexity index is 665. The van der Waals surface area contributed by atoms with E-state index in [2.05, 4.69) is 29.0 Å². The van der Waals surface area contributed by atoms with E-state index in [4.69, 9.17) is 11.6 Å². The molecule has 0 bridgehead atoms. The van der Waals surface area contributed by atoms with Gasteiger partial charge in [0.15, 0.2) is 0 Å². The highest BCUT2D eigenvalue weighted by molar-refractivity contribution is 8.00. The number of nitrogens with zero attached hydrogens (tertiary/aromatic N) is 2. The molecule has 0 aliphatic carbocycles. The lowest BCUT2D eigenvalue weighted by Gasteiger charge is -2.30. The van der Waals surface area contributed by atoms with E-state index in [-0.39, 0.29) is 11.9 Å². The Morgan fingerprint density at radius 3 is 2.52 bits per heavy atom. The molecule has 1 aromatic heterocycles. The average Bonchev–Trinajstić information content (AvgIpc) is 2.65. The molecule has 0 saturated heterocycles. The van der Waals surface area contributed by atoms with E-state index in [0.29, 0.717) is 12.3 Å². The lowest BCUT2D eigenvalue weighted by atomic mass is 10.0. The van der Waals surface area contributed by atoms with Gasteiger partial charge in [0, 0.05) is 28.9 Å². The van der Waals surface area contributed by atoms with Crippen LogP contribution in [0.1, 0.15) is 25.5 Å². The van der Waals surface area contributed by atoms with Crippen molar-refractivity contribution in [3.05, 3.63) is 59.4 Å². The van der Waals surface area contributed by atoms with Gasteiger partial charge in [-0.25, -0.2) is 0 Å². The van der Waals surface area contributed by atoms with Crippen molar-refractivity contribution in [2.75, 3.05) is 25.4 Å². The number of carbonyl (C=O) groups excluding carboxylic acids is 1. The third-order valence-corrected chi connectivity index (χ3v) is 5.39. The molecule has 0 spiro atoms. The molecule has 0 aliphatic rings. The molecule has 0 unspecified atom stereocenters. The van der Waals surface area contributed by atoms with Crippen LogP contribution in [0.15, 0.2) is 53.7 Å². The molecule has 4 nitrogen and oxygen atoms in total. The zero-order valence-corrected chi connectivity index (χ0v) is 16.2. The smallest absolute Gasteiger partial charge is 0.230 e. The van der Waals surface area contributed by atoms with Gasteiger partial charge in [-0.05, 0) is 36.9 Å². The second-order valence-corrected chi connectivity index (χ2v) is 6.99. The normalized spacial score (nSPS) is 12.2. The SMILES string of the molecule is CCN(CC)[C@H](CNC(=O)CSc1ccncc1)c1ccccc1Cl. The van der Waals surface area contributed by atoms with Gasteiger partial charge in [-0.3, -0.25) is 14.7 Å². The quantitative estimate of drug-likeness (QED) is 0.670. The van der Waals surface area contributed by atoms with Crippen molar-refractivity contribution in [2.45, 2.75) is 24.8 Å². The molecular formula is C19H24ClN3OS. The molecule has 2 rings (SSSR count). The van der Waals surface area contributed by atoms with Gasteiger partial charge in [0.05, 0.1) is 11.8 Å². The Labute approximate surface area is 159 Å². The van der Waals surface area contributed by atoms with Crippen molar-refractivity contribution in [1.82, 2.24) is 15.2 Å². The number of thioether (sulfide) groups is 1. The summed E-state index contributed by atoms with van der Waals surface area (Å²) in [5, 5.41) is 3.79. The van der Waals surface area contributed by atoms with Crippen LogP contribution in [0.25, 0.3) is 0 Å². The molecular weight excluding hydrogens is 354 g/mol. The molecule has 1 aromatic carbocycles. The first-order chi connectivity index (χ1) is 12.2. The monoisotopic (exact) mass is 377 g/mol. The number of carbonyl (C=O) groups is 1. The molecule has 134 valence electrons. The van der Waals surface area contributed by atoms with Gasteiger partial charge in [-0.15, -0.1) is 11.8 Å². The Morgan fingerprint density at radius 2 is 1.88 bits per heavy atom. The third kappa shape index (κ3) is 6.03. The predicted molar refractivity (Wildman–Crippen MR) is 105 cm³/mol. The number of likely N-dealkylation sites (N-methyl/N-ethyl adjacent to an activating group) is 1. The number of pyridine rings is 1. The van der Waals surface area contributed by atoms with Gasteiger partial charge in [-0.2, -0.15) is 0 Å². The first-order valence-electron chi connectivity index (χ1n) is 8.43. The Kier molecular flexibility index (Phi) is 8.25. The predicted octanol–water partition coefficient (Wildman–Crippen LogP) is 4.03. The van der Waals surface area contributed by atoms with Crippen molar-refractivity contribution < 1.29 is 4.79 Å². The minimum Gasteiger partial charge on any atom is -0.353 e. The first-order valence-corrected chi connectivity index (χ1v) is 9.80. The van der Waals surface area contributed by atoms with Crippen molar-refractivity contribution in [2.24, 2.45) is 0 Å². The van der Waals surface area contributed by atoms with Crippen LogP contribution in [0.5, 0.6) is 0 Å². The van der Waals surface area contributed by atoms with Crippen LogP contribution in [-0.2, 0) is 4.79 Å². The zero-order valence-electron chi connectivity index (χ0n) is 14.6. The highest BCUT2D eigenvalue weighted by atomic mass is 35.5. The summed E-state index contributed by atoms with van der Waals surface area (Å²) in [5.41, 5.74) is 1.05. The molecule has 2 aromatic rings. The lowest BCUT2D eigenvalue weighted by molar-refractivity contribution is -0.118. The number of hydrogen-bond acceptors (Lipinski definition) is 4. The third-order valence-electron chi connectivity index (χ3n) is 4.03. The van der Waals surface area contributed by atoms with E-state index in [0.717, 1.165) is 28.6 Å². The Hall–Kier alpha value is -1.56. The highest BCUT2D eigenvalue weighted by Gasteiger charge is 2.20. The fourth-order valence-electron chi connectivity index (χ4n) is 2.69. The fourth-order valence-corrected chi connectivity index (χ4v) is 3.67. The van der Waals surface area contributed by atoms with Gasteiger partial charge in [0.2, 0.25) is 5.91 Å². The van der Waals surface area contributed by atoms with Crippen molar-refractivity contribution >= 4 is 29.3 Å². The Morgan fingerprint density at radius 1 is 1.20 bits per heavy atom. The summed E-state index contributed by atoms with van der Waals surface area (Å²) >= 11 is 7.89. The van der Waals surface area contributed by atoms with Crippen LogP contribution in [0.3, 0.4) is 0 Å². The Balaban J connectivity index is 1.97. The van der Waals surface area contributed by atoms with Crippen molar-refractivity contribution in [3.8, 4) is 0 Å². The molecule has 1 N–H and O–H groups in total. The zero-order chi connectivity index (χ0) is 18.1. The average molecular weight is 378 g/mol. The summed E-state index contributed by atoms with van der Waals surface area (Å²) in [6.07, 6.45) is 3.46. The van der Waals surface area contributed by atoms with E-state index >= 15 is 0 Å². The molecule has 1 atom stereocenters. The standard InChI is InChI=1S/C19H24ClN3OS/c1-3-23(4-2)18(16-7-5-6-8-17(16)20)13-22-19(24)14-25-15-9-11-21-12-10-15/h5-12,18H,3-4,13-14H2,1-2H3,(H,22,24)/t18-/m1/s1. The first kappa shape index (κ1) is 19.8. The summed E-state index contributed by atoms with van der Waals surface area (Å²) in [6, 6.07) is 11.7. The fraction of sp³-hybridized carbons (Fsp3) is 0.368. The van der Waals surface area contributed by atoms with E-state index < -0.39 is 0 Å². The van der Waals surface area contributed by atoms with Gasteiger partial charge < -0.3 is 5.32 Å². The topological polar surface area (TPSA) is 45.2 Å². The largest absolute Gasteiger partial charge is 0.353 e. The number of hydrogen-bond donors (Lipinski definition) is 1. The van der Waals surface area contributed by atoms with Crippen LogP contribution >= 0.6 is 23.4 Å². The molecule has 1 amide bonds. The van der Waals surface area contributed by atoms with E-state index in [1.54, 1.807) is 12.4 Å². The van der Waals surface area contributed by atoms with Crippen LogP contribution < -0.4 is 5.32 Å². The summed E-state index contributed by atoms with van der Waals surface area (Å²) in [6.45, 7) is 6.58. The summed E-state index contributed by atoms with van der Waals surface area (Å²) in [5.74, 6) is 0.406. The molecule has 0 saturated carbocycles. The number of benzene rings is 1. The van der Waals surface area contributed by atoms with E-state index in [1.807, 2.05) is 36.4 Å². The van der Waals surface area contributed by atoms with Gasteiger partial charge in [0.1, 0.15) is 0 Å². The van der Waals surface area contributed by atoms with Gasteiger partial charge in [-0.1, -0.05) is 43.6 Å². The molecule has 6 heteroatoms. The molecule has 0 aliphatic heterocycles. The van der Waals surface area contributed by atoms with Crippen molar-refractivity contribution in [3.63, 3.8) is 0 Å². The number of rotatable bonds is 9. The second kappa shape index (κ2) is 10.4. The highest BCUT2D eigenvalue weighted by Crippen LogP contribution is 2.27. The van der Waals surface area contributed by atoms with Crippen molar-refractivity contribution in [1.29, 1.82) is 0 Å². The minimum absolute atomic E-state index is 0.0195. The van der Waals surface area contributed by atoms with E-state index in [9.17, 15) is 4.79 Å². The van der Waals surface area contributed by atoms with Crippen LogP contribution in [-0.4, -0.2) is 41.2 Å². The summed E-state index contributed by atoms with van der Waals surface area (Å²) in [7, 11) is 0. The maximum Gasteiger partial charge on any atom is 0.230 e. The molecule has 0 radical (unpaired) electrons. The summed E-state index contributed by atoms with van der Waals surface area (Å²) < 4.78 is 0. The maximum absolute atomic E-state index is 12.2. The van der Waals surface area contributed by atoms with Crippen LogP contribution in [0.4, 0.5) is 0 Å². The molecule has 1 heterocycles. The maximum atomic E-state index is 12.2. The number of aromatic nitrogens is 1. The number of halogens is 1. The van der Waals surface area contributed by atoms with E-state index in [1.165, 1.54) is 11.8 Å². The van der Waals surface area contributed by atoms with Crippen LogP contribution in [0.2, 0.25) is 5.02 Å². The molecule has 0 fully saturated rings. The minimum atomic E-state index is 0.0195. The summed E-state index contributed by atoms with van der Waals surface area (Å²) in [4.78, 5) is 19.6. The molecule has 25 heavy (non-hydrogen) atoms. The number of nitrogens with one attached hydrogen (secondary N) is 1. The second-order valence-electron chi connectivity index (χ2n) is 5.53. The lowest BCUT2D eigenvalue weighted by Crippen LogP contribution is -2.38. The van der Waals surface area contributed by atoms with Gasteiger partial charge >= 0.3 is 0 Å².